The summed E-state index contributed by atoms with van der Waals surface area (Å²) in [5.74, 6) is -0.998. The summed E-state index contributed by atoms with van der Waals surface area (Å²) in [4.78, 5) is 24.9. The summed E-state index contributed by atoms with van der Waals surface area (Å²) in [5, 5.41) is 6.23. The van der Waals surface area contributed by atoms with Crippen molar-refractivity contribution in [3.8, 4) is 0 Å². The number of hydrogen-bond acceptors (Lipinski definition) is 2. The molecule has 2 aromatic rings. The Morgan fingerprint density at radius 3 is 2.04 bits per heavy atom. The number of amides is 2. The van der Waals surface area contributed by atoms with Crippen LogP contribution in [0, 0.1) is 24.6 Å². The van der Waals surface area contributed by atoms with Gasteiger partial charge < -0.3 is 10.6 Å². The summed E-state index contributed by atoms with van der Waals surface area (Å²) in [6.45, 7) is 1.89. The van der Waals surface area contributed by atoms with E-state index in [0.717, 1.165) is 11.3 Å². The largest absolute Gasteiger partial charge is 0.326 e. The Morgan fingerprint density at radius 2 is 1.48 bits per heavy atom. The molecule has 0 spiro atoms. The average Bonchev–Trinajstić information content (AvgIpc) is 2.66. The summed E-state index contributed by atoms with van der Waals surface area (Å²) >= 11 is 5.94. The van der Waals surface area contributed by atoms with Gasteiger partial charge in [-0.15, -0.1) is 0 Å². The first-order valence-corrected chi connectivity index (χ1v) is 9.44. The van der Waals surface area contributed by atoms with Gasteiger partial charge in [-0.25, -0.2) is 4.39 Å². The molecule has 0 saturated heterocycles. The highest BCUT2D eigenvalue weighted by atomic mass is 35.5. The van der Waals surface area contributed by atoms with E-state index in [9.17, 15) is 14.0 Å². The summed E-state index contributed by atoms with van der Waals surface area (Å²) in [7, 11) is 0. The third kappa shape index (κ3) is 4.86. The Hall–Kier alpha value is -2.40. The lowest BCUT2D eigenvalue weighted by Crippen LogP contribution is -2.32. The monoisotopic (exact) mass is 388 g/mol. The summed E-state index contributed by atoms with van der Waals surface area (Å²) < 4.78 is 13.7. The Labute approximate surface area is 163 Å². The second-order valence-electron chi connectivity index (χ2n) is 6.97. The standard InChI is InChI=1S/C21H22ClFN2O2/c1-13-12-16(22)10-11-18(13)24-20(26)14-6-8-15(9-7-14)21(27)25-19-5-3-2-4-17(19)23/h2-5,10-12,14-15H,6-9H2,1H3,(H,24,26)(H,25,27). The second-order valence-corrected chi connectivity index (χ2v) is 7.40. The normalized spacial score (nSPS) is 19.4. The molecule has 4 nitrogen and oxygen atoms in total. The van der Waals surface area contributed by atoms with Crippen molar-refractivity contribution in [2.45, 2.75) is 32.6 Å². The SMILES string of the molecule is Cc1cc(Cl)ccc1NC(=O)C1CCC(C(=O)Nc2ccccc2F)CC1. The molecule has 0 heterocycles. The van der Waals surface area contributed by atoms with E-state index in [0.29, 0.717) is 30.7 Å². The Morgan fingerprint density at radius 1 is 0.926 bits per heavy atom. The molecular formula is C21H22ClFN2O2. The van der Waals surface area contributed by atoms with E-state index in [2.05, 4.69) is 10.6 Å². The molecule has 142 valence electrons. The van der Waals surface area contributed by atoms with Gasteiger partial charge in [0.25, 0.3) is 0 Å². The number of hydrogen-bond donors (Lipinski definition) is 2. The molecule has 0 unspecified atom stereocenters. The molecule has 0 radical (unpaired) electrons. The lowest BCUT2D eigenvalue weighted by molar-refractivity contribution is -0.125. The smallest absolute Gasteiger partial charge is 0.227 e. The third-order valence-corrected chi connectivity index (χ3v) is 5.28. The Balaban J connectivity index is 1.53. The van der Waals surface area contributed by atoms with Crippen LogP contribution in [-0.2, 0) is 9.59 Å². The van der Waals surface area contributed by atoms with Crippen LogP contribution in [0.5, 0.6) is 0 Å². The van der Waals surface area contributed by atoms with Gasteiger partial charge in [0.15, 0.2) is 0 Å². The van der Waals surface area contributed by atoms with Crippen molar-refractivity contribution < 1.29 is 14.0 Å². The lowest BCUT2D eigenvalue weighted by Gasteiger charge is -2.27. The summed E-state index contributed by atoms with van der Waals surface area (Å²) in [6, 6.07) is 11.5. The number of aryl methyl sites for hydroxylation is 1. The van der Waals surface area contributed by atoms with E-state index in [1.165, 1.54) is 6.07 Å². The molecule has 2 aromatic carbocycles. The van der Waals surface area contributed by atoms with Gasteiger partial charge in [-0.2, -0.15) is 0 Å². The van der Waals surface area contributed by atoms with Crippen molar-refractivity contribution in [1.29, 1.82) is 0 Å². The fourth-order valence-corrected chi connectivity index (χ4v) is 3.64. The predicted octanol–water partition coefficient (Wildman–Crippen LogP) is 5.17. The molecular weight excluding hydrogens is 367 g/mol. The van der Waals surface area contributed by atoms with Crippen molar-refractivity contribution in [3.05, 3.63) is 58.9 Å². The second kappa shape index (κ2) is 8.53. The lowest BCUT2D eigenvalue weighted by atomic mass is 9.81. The third-order valence-electron chi connectivity index (χ3n) is 5.05. The predicted molar refractivity (Wildman–Crippen MR) is 105 cm³/mol. The molecule has 1 aliphatic rings. The number of rotatable bonds is 4. The topological polar surface area (TPSA) is 58.2 Å². The van der Waals surface area contributed by atoms with E-state index in [1.807, 2.05) is 6.92 Å². The number of halogens is 2. The molecule has 27 heavy (non-hydrogen) atoms. The average molecular weight is 389 g/mol. The van der Waals surface area contributed by atoms with Gasteiger partial charge in [0.1, 0.15) is 5.82 Å². The van der Waals surface area contributed by atoms with Crippen LogP contribution in [0.2, 0.25) is 5.02 Å². The van der Waals surface area contributed by atoms with Gasteiger partial charge in [-0.05, 0) is 68.5 Å². The zero-order valence-electron chi connectivity index (χ0n) is 15.1. The minimum Gasteiger partial charge on any atom is -0.326 e. The minimum atomic E-state index is -0.447. The maximum Gasteiger partial charge on any atom is 0.227 e. The van der Waals surface area contributed by atoms with Gasteiger partial charge in [0.05, 0.1) is 5.69 Å². The number of para-hydroxylation sites is 1. The van der Waals surface area contributed by atoms with Crippen LogP contribution in [-0.4, -0.2) is 11.8 Å². The van der Waals surface area contributed by atoms with Crippen molar-refractivity contribution in [2.75, 3.05) is 10.6 Å². The minimum absolute atomic E-state index is 0.0339. The molecule has 0 bridgehead atoms. The number of nitrogens with one attached hydrogen (secondary N) is 2. The molecule has 1 saturated carbocycles. The number of carbonyl (C=O) groups excluding carboxylic acids is 2. The highest BCUT2D eigenvalue weighted by Gasteiger charge is 2.30. The molecule has 6 heteroatoms. The first-order valence-electron chi connectivity index (χ1n) is 9.06. The molecule has 3 rings (SSSR count). The fraction of sp³-hybridized carbons (Fsp3) is 0.333. The molecule has 0 atom stereocenters. The summed E-state index contributed by atoms with van der Waals surface area (Å²) in [6.07, 6.45) is 2.48. The quantitative estimate of drug-likeness (QED) is 0.758. The van der Waals surface area contributed by atoms with Crippen molar-refractivity contribution in [2.24, 2.45) is 11.8 Å². The van der Waals surface area contributed by atoms with Crippen molar-refractivity contribution in [1.82, 2.24) is 0 Å². The highest BCUT2D eigenvalue weighted by molar-refractivity contribution is 6.30. The van der Waals surface area contributed by atoms with Crippen LogP contribution in [0.25, 0.3) is 0 Å². The number of benzene rings is 2. The molecule has 1 fully saturated rings. The fourth-order valence-electron chi connectivity index (χ4n) is 3.42. The number of carbonyl (C=O) groups is 2. The molecule has 0 aliphatic heterocycles. The zero-order valence-corrected chi connectivity index (χ0v) is 15.9. The number of anilines is 2. The van der Waals surface area contributed by atoms with E-state index in [4.69, 9.17) is 11.6 Å². The Bertz CT molecular complexity index is 848. The first-order chi connectivity index (χ1) is 12.9. The first kappa shape index (κ1) is 19.4. The van der Waals surface area contributed by atoms with E-state index < -0.39 is 5.82 Å². The summed E-state index contributed by atoms with van der Waals surface area (Å²) in [5.41, 5.74) is 1.86. The van der Waals surface area contributed by atoms with Crippen LogP contribution < -0.4 is 10.6 Å². The van der Waals surface area contributed by atoms with E-state index in [1.54, 1.807) is 36.4 Å². The molecule has 1 aliphatic carbocycles. The van der Waals surface area contributed by atoms with Crippen LogP contribution in [0.1, 0.15) is 31.2 Å². The maximum absolute atomic E-state index is 13.7. The van der Waals surface area contributed by atoms with Crippen LogP contribution >= 0.6 is 11.6 Å². The zero-order chi connectivity index (χ0) is 19.4. The molecule has 2 N–H and O–H groups in total. The van der Waals surface area contributed by atoms with Crippen molar-refractivity contribution in [3.63, 3.8) is 0 Å². The molecule has 2 amide bonds. The van der Waals surface area contributed by atoms with E-state index in [-0.39, 0.29) is 29.3 Å². The maximum atomic E-state index is 13.7. The van der Waals surface area contributed by atoms with Crippen LogP contribution in [0.3, 0.4) is 0 Å². The van der Waals surface area contributed by atoms with Gasteiger partial charge in [0, 0.05) is 22.5 Å². The Kier molecular flexibility index (Phi) is 6.11. The van der Waals surface area contributed by atoms with Crippen LogP contribution in [0.15, 0.2) is 42.5 Å². The molecule has 0 aromatic heterocycles. The van der Waals surface area contributed by atoms with Gasteiger partial charge in [-0.1, -0.05) is 23.7 Å². The van der Waals surface area contributed by atoms with Gasteiger partial charge in [0.2, 0.25) is 11.8 Å². The van der Waals surface area contributed by atoms with Crippen molar-refractivity contribution >= 4 is 34.8 Å². The van der Waals surface area contributed by atoms with Gasteiger partial charge in [-0.3, -0.25) is 9.59 Å². The van der Waals surface area contributed by atoms with E-state index >= 15 is 0 Å². The van der Waals surface area contributed by atoms with Gasteiger partial charge >= 0.3 is 0 Å². The highest BCUT2D eigenvalue weighted by Crippen LogP contribution is 2.31. The van der Waals surface area contributed by atoms with Crippen LogP contribution in [0.4, 0.5) is 15.8 Å².